The highest BCUT2D eigenvalue weighted by Crippen LogP contribution is 2.16. The number of benzene rings is 2. The zero-order valence-electron chi connectivity index (χ0n) is 14.7. The van der Waals surface area contributed by atoms with Crippen molar-refractivity contribution in [2.24, 2.45) is 0 Å². The van der Waals surface area contributed by atoms with E-state index in [0.29, 0.717) is 6.54 Å². The van der Waals surface area contributed by atoms with Gasteiger partial charge in [-0.05, 0) is 49.1 Å². The molecule has 1 atom stereocenters. The van der Waals surface area contributed by atoms with Gasteiger partial charge in [-0.25, -0.2) is 0 Å². The summed E-state index contributed by atoms with van der Waals surface area (Å²) in [5.74, 6) is -0.123. The minimum absolute atomic E-state index is 0.123. The van der Waals surface area contributed by atoms with Crippen molar-refractivity contribution in [2.75, 3.05) is 32.0 Å². The van der Waals surface area contributed by atoms with Gasteiger partial charge in [-0.3, -0.25) is 0 Å². The summed E-state index contributed by atoms with van der Waals surface area (Å²) in [6.07, 6.45) is 3.67. The number of hydrogen-bond acceptors (Lipinski definition) is 4. The van der Waals surface area contributed by atoms with E-state index in [4.69, 9.17) is 10.8 Å². The normalized spacial score (nSPS) is 12.2. The molecule has 0 bridgehead atoms. The average molecular weight is 340 g/mol. The lowest BCUT2D eigenvalue weighted by Crippen LogP contribution is -2.32. The molecule has 1 unspecified atom stereocenters. The second-order valence-electron chi connectivity index (χ2n) is 6.38. The number of carbonyl (C=O) groups is 1. The van der Waals surface area contributed by atoms with Crippen LogP contribution in [0.15, 0.2) is 54.6 Å². The molecule has 0 fully saturated rings. The molecule has 4 heteroatoms. The number of nitrogens with zero attached hydrogens (tertiary/aromatic N) is 1. The molecule has 0 saturated carbocycles. The van der Waals surface area contributed by atoms with Crippen LogP contribution in [0.1, 0.15) is 29.9 Å². The molecule has 0 amide bonds. The Balaban J connectivity index is 1.98. The summed E-state index contributed by atoms with van der Waals surface area (Å²) in [5.41, 5.74) is 8.80. The maximum atomic E-state index is 11.6. The molecule has 0 aromatic heterocycles. The molecule has 0 aliphatic carbocycles. The zero-order chi connectivity index (χ0) is 17.9. The van der Waals surface area contributed by atoms with E-state index in [2.05, 4.69) is 17.0 Å². The molecule has 4 nitrogen and oxygen atoms in total. The first-order chi connectivity index (χ1) is 12.2. The largest absolute Gasteiger partial charge is 0.399 e. The number of unbranched alkanes of at least 4 members (excludes halogenated alkanes) is 1. The van der Waals surface area contributed by atoms with Crippen molar-refractivity contribution in [3.63, 3.8) is 0 Å². The number of aldehydes is 1. The maximum absolute atomic E-state index is 11.6. The Morgan fingerprint density at radius 3 is 2.36 bits per heavy atom. The molecular weight excluding hydrogens is 312 g/mol. The number of nitrogen functional groups attached to an aromatic ring is 1. The van der Waals surface area contributed by atoms with Crippen molar-refractivity contribution in [1.29, 1.82) is 0 Å². The third kappa shape index (κ3) is 6.69. The van der Waals surface area contributed by atoms with Crippen LogP contribution in [0.2, 0.25) is 0 Å². The fraction of sp³-hybridized carbons (Fsp3) is 0.381. The lowest BCUT2D eigenvalue weighted by Gasteiger charge is -2.25. The maximum Gasteiger partial charge on any atom is 0.128 e. The predicted octanol–water partition coefficient (Wildman–Crippen LogP) is 2.87. The SMILES string of the molecule is Nc1ccc(CCN(CCCCO)CC(C=O)c2ccccc2)cc1. The topological polar surface area (TPSA) is 66.6 Å². The molecule has 0 radical (unpaired) electrons. The fourth-order valence-electron chi connectivity index (χ4n) is 2.92. The Kier molecular flexibility index (Phi) is 8.16. The van der Waals surface area contributed by atoms with Crippen molar-refractivity contribution in [1.82, 2.24) is 4.90 Å². The van der Waals surface area contributed by atoms with Gasteiger partial charge in [-0.1, -0.05) is 42.5 Å². The van der Waals surface area contributed by atoms with E-state index in [-0.39, 0.29) is 12.5 Å². The molecule has 0 saturated heterocycles. The molecule has 2 aromatic rings. The molecule has 0 spiro atoms. The zero-order valence-corrected chi connectivity index (χ0v) is 14.7. The van der Waals surface area contributed by atoms with Crippen LogP contribution in [0.25, 0.3) is 0 Å². The molecule has 2 aromatic carbocycles. The third-order valence-corrected chi connectivity index (χ3v) is 4.43. The van der Waals surface area contributed by atoms with Gasteiger partial charge >= 0.3 is 0 Å². The van der Waals surface area contributed by atoms with Crippen LogP contribution in [0.3, 0.4) is 0 Å². The molecule has 134 valence electrons. The first kappa shape index (κ1) is 19.2. The van der Waals surface area contributed by atoms with Gasteiger partial charge in [-0.15, -0.1) is 0 Å². The number of hydrogen-bond donors (Lipinski definition) is 2. The van der Waals surface area contributed by atoms with Crippen LogP contribution >= 0.6 is 0 Å². The number of aliphatic hydroxyl groups excluding tert-OH is 1. The summed E-state index contributed by atoms with van der Waals surface area (Å²) in [7, 11) is 0. The van der Waals surface area contributed by atoms with Crippen LogP contribution in [-0.2, 0) is 11.2 Å². The van der Waals surface area contributed by atoms with Crippen LogP contribution < -0.4 is 5.73 Å². The number of carbonyl (C=O) groups excluding carboxylic acids is 1. The molecule has 0 aliphatic rings. The minimum Gasteiger partial charge on any atom is -0.399 e. The second-order valence-corrected chi connectivity index (χ2v) is 6.38. The summed E-state index contributed by atoms with van der Waals surface area (Å²) in [6, 6.07) is 17.9. The lowest BCUT2D eigenvalue weighted by atomic mass is 9.99. The highest BCUT2D eigenvalue weighted by atomic mass is 16.2. The van der Waals surface area contributed by atoms with E-state index in [0.717, 1.165) is 49.9 Å². The van der Waals surface area contributed by atoms with Gasteiger partial charge in [0.2, 0.25) is 0 Å². The summed E-state index contributed by atoms with van der Waals surface area (Å²) in [6.45, 7) is 2.68. The molecule has 3 N–H and O–H groups in total. The number of nitrogens with two attached hydrogens (primary N) is 1. The number of anilines is 1. The number of rotatable bonds is 11. The van der Waals surface area contributed by atoms with Crippen molar-refractivity contribution < 1.29 is 9.90 Å². The second kappa shape index (κ2) is 10.6. The summed E-state index contributed by atoms with van der Waals surface area (Å²) in [5, 5.41) is 9.03. The third-order valence-electron chi connectivity index (χ3n) is 4.43. The lowest BCUT2D eigenvalue weighted by molar-refractivity contribution is -0.109. The molecular formula is C21H28N2O2. The van der Waals surface area contributed by atoms with Gasteiger partial charge in [0.15, 0.2) is 0 Å². The standard InChI is InChI=1S/C21H28N2O2/c22-21-10-8-18(9-11-21)12-14-23(13-4-5-15-24)16-20(17-25)19-6-2-1-3-7-19/h1-3,6-11,17,20,24H,4-5,12-16,22H2. The number of aliphatic hydroxyl groups is 1. The molecule has 25 heavy (non-hydrogen) atoms. The van der Waals surface area contributed by atoms with Gasteiger partial charge in [0.25, 0.3) is 0 Å². The van der Waals surface area contributed by atoms with Gasteiger partial charge in [0.05, 0.1) is 5.92 Å². The average Bonchev–Trinajstić information content (AvgIpc) is 2.65. The molecule has 0 aliphatic heterocycles. The van der Waals surface area contributed by atoms with Gasteiger partial charge in [0.1, 0.15) is 6.29 Å². The van der Waals surface area contributed by atoms with E-state index < -0.39 is 0 Å². The Labute approximate surface area is 150 Å². The highest BCUT2D eigenvalue weighted by molar-refractivity contribution is 5.62. The van der Waals surface area contributed by atoms with Crippen molar-refractivity contribution in [2.45, 2.75) is 25.2 Å². The van der Waals surface area contributed by atoms with Crippen LogP contribution in [0.4, 0.5) is 5.69 Å². The minimum atomic E-state index is -0.123. The van der Waals surface area contributed by atoms with Gasteiger partial charge < -0.3 is 20.5 Å². The van der Waals surface area contributed by atoms with Gasteiger partial charge in [0, 0.05) is 25.4 Å². The van der Waals surface area contributed by atoms with Crippen molar-refractivity contribution >= 4 is 12.0 Å². The van der Waals surface area contributed by atoms with Crippen molar-refractivity contribution in [3.8, 4) is 0 Å². The monoisotopic (exact) mass is 340 g/mol. The fourth-order valence-corrected chi connectivity index (χ4v) is 2.92. The van der Waals surface area contributed by atoms with E-state index in [1.54, 1.807) is 0 Å². The summed E-state index contributed by atoms with van der Waals surface area (Å²) < 4.78 is 0. The van der Waals surface area contributed by atoms with Crippen LogP contribution in [0.5, 0.6) is 0 Å². The highest BCUT2D eigenvalue weighted by Gasteiger charge is 2.15. The van der Waals surface area contributed by atoms with E-state index in [1.807, 2.05) is 42.5 Å². The van der Waals surface area contributed by atoms with Gasteiger partial charge in [-0.2, -0.15) is 0 Å². The predicted molar refractivity (Wildman–Crippen MR) is 103 cm³/mol. The first-order valence-electron chi connectivity index (χ1n) is 8.91. The van der Waals surface area contributed by atoms with E-state index in [9.17, 15) is 4.79 Å². The quantitative estimate of drug-likeness (QED) is 0.375. The smallest absolute Gasteiger partial charge is 0.128 e. The Bertz CT molecular complexity index is 614. The summed E-state index contributed by atoms with van der Waals surface area (Å²) in [4.78, 5) is 13.9. The molecule has 2 rings (SSSR count). The Morgan fingerprint density at radius 2 is 1.72 bits per heavy atom. The van der Waals surface area contributed by atoms with E-state index in [1.165, 1.54) is 5.56 Å². The Hall–Kier alpha value is -2.17. The van der Waals surface area contributed by atoms with Crippen molar-refractivity contribution in [3.05, 3.63) is 65.7 Å². The molecule has 0 heterocycles. The van der Waals surface area contributed by atoms with Crippen LogP contribution in [0, 0.1) is 0 Å². The first-order valence-corrected chi connectivity index (χ1v) is 8.91. The Morgan fingerprint density at radius 1 is 1.00 bits per heavy atom. The van der Waals surface area contributed by atoms with Crippen LogP contribution in [-0.4, -0.2) is 42.5 Å². The summed E-state index contributed by atoms with van der Waals surface area (Å²) >= 11 is 0. The van der Waals surface area contributed by atoms with E-state index >= 15 is 0 Å².